The molecule has 2 unspecified atom stereocenters. The number of halogens is 1. The Balaban J connectivity index is 1.85. The summed E-state index contributed by atoms with van der Waals surface area (Å²) in [6.07, 6.45) is 3.43. The van der Waals surface area contributed by atoms with Crippen molar-refractivity contribution in [1.29, 1.82) is 0 Å². The Labute approximate surface area is 213 Å². The molecular weight excluding hydrogens is 475 g/mol. The van der Waals surface area contributed by atoms with Crippen LogP contribution in [0.2, 0.25) is 0 Å². The monoisotopic (exact) mass is 502 g/mol. The molecule has 1 saturated carbocycles. The van der Waals surface area contributed by atoms with Crippen molar-refractivity contribution in [1.82, 2.24) is 4.98 Å². The third kappa shape index (κ3) is 4.37. The van der Waals surface area contributed by atoms with Crippen molar-refractivity contribution < 1.29 is 29.0 Å². The molecule has 0 saturated heterocycles. The summed E-state index contributed by atoms with van der Waals surface area (Å²) in [6, 6.07) is 14.0. The van der Waals surface area contributed by atoms with Gasteiger partial charge in [0.05, 0.1) is 16.8 Å². The zero-order valence-electron chi connectivity index (χ0n) is 20.4. The molecule has 1 aliphatic carbocycles. The highest BCUT2D eigenvalue weighted by molar-refractivity contribution is 6.19. The molecule has 190 valence electrons. The molecule has 1 aliphatic heterocycles. The number of carboxylic acids is 2. The second-order valence-corrected chi connectivity index (χ2v) is 9.77. The number of Topliss-reactive ketones (excluding diaryl/α,β-unsaturated/α-hetero) is 1. The lowest BCUT2D eigenvalue weighted by Gasteiger charge is -2.40. The minimum Gasteiger partial charge on any atom is -0.481 e. The molecule has 0 amide bonds. The van der Waals surface area contributed by atoms with E-state index in [2.05, 4.69) is 0 Å². The molecule has 3 aromatic rings. The molecule has 8 heteroatoms. The third-order valence-electron chi connectivity index (χ3n) is 7.53. The second kappa shape index (κ2) is 9.76. The first-order chi connectivity index (χ1) is 17.8. The highest BCUT2D eigenvalue weighted by Crippen LogP contribution is 2.46. The minimum absolute atomic E-state index is 0.0350. The van der Waals surface area contributed by atoms with Gasteiger partial charge in [-0.05, 0) is 43.0 Å². The number of aromatic carboxylic acids is 1. The fourth-order valence-corrected chi connectivity index (χ4v) is 5.71. The maximum Gasteiger partial charge on any atom is 0.338 e. The SMILES string of the molecule is CC1C(C(=O)O)C(=O)c2c(nc(C3CCCC3)c(C(=O)O)c2-c2ccc(F)cc2)N1Cc1ccccc1. The lowest BCUT2D eigenvalue weighted by atomic mass is 9.80. The molecule has 7 nitrogen and oxygen atoms in total. The molecule has 1 aromatic heterocycles. The molecular formula is C29H27FN2O5. The van der Waals surface area contributed by atoms with Crippen LogP contribution < -0.4 is 4.90 Å². The number of carbonyl (C=O) groups excluding carboxylic acids is 1. The predicted molar refractivity (Wildman–Crippen MR) is 135 cm³/mol. The zero-order valence-corrected chi connectivity index (χ0v) is 20.4. The molecule has 2 aliphatic rings. The first-order valence-corrected chi connectivity index (χ1v) is 12.4. The van der Waals surface area contributed by atoms with Crippen molar-refractivity contribution in [2.24, 2.45) is 5.92 Å². The predicted octanol–water partition coefficient (Wildman–Crippen LogP) is 5.54. The molecule has 0 bridgehead atoms. The average molecular weight is 503 g/mol. The number of hydrogen-bond acceptors (Lipinski definition) is 5. The van der Waals surface area contributed by atoms with E-state index in [0.717, 1.165) is 31.2 Å². The number of anilines is 1. The topological polar surface area (TPSA) is 108 Å². The fraction of sp³-hybridized carbons (Fsp3) is 0.310. The van der Waals surface area contributed by atoms with E-state index >= 15 is 0 Å². The molecule has 0 radical (unpaired) electrons. The van der Waals surface area contributed by atoms with Gasteiger partial charge in [0.1, 0.15) is 17.6 Å². The number of nitrogens with zero attached hydrogens (tertiary/aromatic N) is 2. The summed E-state index contributed by atoms with van der Waals surface area (Å²) in [6.45, 7) is 1.97. The van der Waals surface area contributed by atoms with E-state index in [-0.39, 0.29) is 28.4 Å². The van der Waals surface area contributed by atoms with Crippen LogP contribution in [0.5, 0.6) is 0 Å². The summed E-state index contributed by atoms with van der Waals surface area (Å²) in [4.78, 5) is 45.5. The number of aromatic nitrogens is 1. The first-order valence-electron chi connectivity index (χ1n) is 12.4. The molecule has 2 atom stereocenters. The highest BCUT2D eigenvalue weighted by Gasteiger charge is 2.46. The van der Waals surface area contributed by atoms with Crippen molar-refractivity contribution >= 4 is 23.5 Å². The molecule has 2 heterocycles. The van der Waals surface area contributed by atoms with E-state index in [0.29, 0.717) is 17.8 Å². The Hall–Kier alpha value is -4.07. The maximum atomic E-state index is 13.8. The third-order valence-corrected chi connectivity index (χ3v) is 7.53. The van der Waals surface area contributed by atoms with Crippen LogP contribution in [0.1, 0.15) is 70.5 Å². The van der Waals surface area contributed by atoms with E-state index in [1.54, 1.807) is 11.8 Å². The maximum absolute atomic E-state index is 13.8. The quantitative estimate of drug-likeness (QED) is 0.426. The number of pyridine rings is 1. The van der Waals surface area contributed by atoms with Crippen LogP contribution in [0, 0.1) is 11.7 Å². The number of hydrogen-bond donors (Lipinski definition) is 2. The number of benzene rings is 2. The number of carbonyl (C=O) groups is 3. The Bertz CT molecular complexity index is 1370. The van der Waals surface area contributed by atoms with E-state index in [4.69, 9.17) is 4.98 Å². The van der Waals surface area contributed by atoms with Gasteiger partial charge in [-0.25, -0.2) is 14.2 Å². The summed E-state index contributed by atoms with van der Waals surface area (Å²) in [5.74, 6) is -4.97. The van der Waals surface area contributed by atoms with Crippen LogP contribution in [-0.2, 0) is 11.3 Å². The second-order valence-electron chi connectivity index (χ2n) is 9.77. The van der Waals surface area contributed by atoms with Gasteiger partial charge in [-0.3, -0.25) is 9.59 Å². The molecule has 37 heavy (non-hydrogen) atoms. The van der Waals surface area contributed by atoms with Crippen LogP contribution >= 0.6 is 0 Å². The van der Waals surface area contributed by atoms with Gasteiger partial charge in [-0.1, -0.05) is 55.3 Å². The average Bonchev–Trinajstić information content (AvgIpc) is 3.41. The molecule has 2 aromatic carbocycles. The van der Waals surface area contributed by atoms with E-state index < -0.39 is 35.5 Å². The summed E-state index contributed by atoms with van der Waals surface area (Å²) in [5, 5.41) is 20.4. The fourth-order valence-electron chi connectivity index (χ4n) is 5.71. The van der Waals surface area contributed by atoms with Crippen molar-refractivity contribution in [3.63, 3.8) is 0 Å². The van der Waals surface area contributed by atoms with E-state index in [1.165, 1.54) is 24.3 Å². The van der Waals surface area contributed by atoms with Gasteiger partial charge >= 0.3 is 11.9 Å². The van der Waals surface area contributed by atoms with Crippen LogP contribution in [0.3, 0.4) is 0 Å². The number of aliphatic carboxylic acids is 1. The number of rotatable bonds is 6. The summed E-state index contributed by atoms with van der Waals surface area (Å²) in [5.41, 5.74) is 1.60. The van der Waals surface area contributed by atoms with E-state index in [9.17, 15) is 29.0 Å². The summed E-state index contributed by atoms with van der Waals surface area (Å²) < 4.78 is 13.8. The van der Waals surface area contributed by atoms with Gasteiger partial charge in [-0.2, -0.15) is 0 Å². The van der Waals surface area contributed by atoms with Gasteiger partial charge in [-0.15, -0.1) is 0 Å². The standard InChI is InChI=1S/C29H27FN2O5/c1-16-21(28(34)35)26(33)24-22(18-11-13-20(30)14-12-18)23(29(36)37)25(19-9-5-6-10-19)31-27(24)32(16)15-17-7-3-2-4-8-17/h2-4,7-8,11-14,16,19,21H,5-6,9-10,15H2,1H3,(H,34,35)(H,36,37). The lowest BCUT2D eigenvalue weighted by Crippen LogP contribution is -2.50. The first kappa shape index (κ1) is 24.6. The highest BCUT2D eigenvalue weighted by atomic mass is 19.1. The molecule has 0 spiro atoms. The Morgan fingerprint density at radius 1 is 1.00 bits per heavy atom. The van der Waals surface area contributed by atoms with Gasteiger partial charge in [0.15, 0.2) is 5.78 Å². The van der Waals surface area contributed by atoms with Crippen LogP contribution in [0.4, 0.5) is 10.2 Å². The summed E-state index contributed by atoms with van der Waals surface area (Å²) >= 11 is 0. The molecule has 5 rings (SSSR count). The molecule has 1 fully saturated rings. The largest absolute Gasteiger partial charge is 0.481 e. The van der Waals surface area contributed by atoms with Crippen molar-refractivity contribution in [2.75, 3.05) is 4.90 Å². The molecule has 2 N–H and O–H groups in total. The smallest absolute Gasteiger partial charge is 0.338 e. The van der Waals surface area contributed by atoms with Gasteiger partial charge < -0.3 is 15.1 Å². The Kier molecular flexibility index (Phi) is 6.50. The van der Waals surface area contributed by atoms with Crippen molar-refractivity contribution in [3.8, 4) is 11.1 Å². The summed E-state index contributed by atoms with van der Waals surface area (Å²) in [7, 11) is 0. The normalized spacial score (nSPS) is 19.6. The van der Waals surface area contributed by atoms with Crippen molar-refractivity contribution in [2.45, 2.75) is 51.1 Å². The number of carboxylic acid groups (broad SMARTS) is 2. The van der Waals surface area contributed by atoms with Gasteiger partial charge in [0, 0.05) is 24.1 Å². The van der Waals surface area contributed by atoms with Crippen molar-refractivity contribution in [3.05, 3.63) is 82.8 Å². The van der Waals surface area contributed by atoms with Gasteiger partial charge in [0.25, 0.3) is 0 Å². The number of ketones is 1. The minimum atomic E-state index is -1.42. The van der Waals surface area contributed by atoms with E-state index in [1.807, 2.05) is 30.3 Å². The van der Waals surface area contributed by atoms with Gasteiger partial charge in [0.2, 0.25) is 0 Å². The van der Waals surface area contributed by atoms with Crippen LogP contribution in [0.25, 0.3) is 11.1 Å². The van der Waals surface area contributed by atoms with Crippen LogP contribution in [0.15, 0.2) is 54.6 Å². The van der Waals surface area contributed by atoms with Crippen LogP contribution in [-0.4, -0.2) is 39.0 Å². The Morgan fingerprint density at radius 3 is 2.24 bits per heavy atom. The lowest BCUT2D eigenvalue weighted by molar-refractivity contribution is -0.140. The Morgan fingerprint density at radius 2 is 1.65 bits per heavy atom. The number of fused-ring (bicyclic) bond motifs is 1. The zero-order chi connectivity index (χ0) is 26.3.